The zero-order chi connectivity index (χ0) is 13.0. The van der Waals surface area contributed by atoms with Gasteiger partial charge in [-0.25, -0.2) is 0 Å². The number of benzene rings is 1. The van der Waals surface area contributed by atoms with Crippen molar-refractivity contribution in [2.24, 2.45) is 0 Å². The van der Waals surface area contributed by atoms with E-state index in [9.17, 15) is 0 Å². The Balaban J connectivity index is 2.00. The molecule has 0 aliphatic heterocycles. The summed E-state index contributed by atoms with van der Waals surface area (Å²) in [4.78, 5) is 3.98. The largest absolute Gasteiger partial charge is 0.306 e. The zero-order valence-corrected chi connectivity index (χ0v) is 11.4. The highest BCUT2D eigenvalue weighted by atomic mass is 35.5. The third-order valence-corrected chi connectivity index (χ3v) is 3.34. The molecule has 1 atom stereocenters. The second kappa shape index (κ2) is 5.98. The van der Waals surface area contributed by atoms with E-state index in [1.165, 1.54) is 11.1 Å². The molecule has 2 aromatic rings. The Morgan fingerprint density at radius 2 is 2.17 bits per heavy atom. The van der Waals surface area contributed by atoms with Gasteiger partial charge in [0, 0.05) is 25.0 Å². The average Bonchev–Trinajstić information content (AvgIpc) is 2.37. The second-order valence-corrected chi connectivity index (χ2v) is 4.89. The molecule has 0 fully saturated rings. The summed E-state index contributed by atoms with van der Waals surface area (Å²) in [6, 6.07) is 10.8. The molecule has 0 aliphatic carbocycles. The van der Waals surface area contributed by atoms with Gasteiger partial charge in [0.05, 0.1) is 5.02 Å². The summed E-state index contributed by atoms with van der Waals surface area (Å²) in [5.41, 5.74) is 3.65. The normalized spacial score (nSPS) is 12.4. The van der Waals surface area contributed by atoms with Crippen LogP contribution in [-0.2, 0) is 6.54 Å². The van der Waals surface area contributed by atoms with Crippen LogP contribution >= 0.6 is 11.6 Å². The van der Waals surface area contributed by atoms with Crippen molar-refractivity contribution in [3.8, 4) is 0 Å². The predicted octanol–water partition coefficient (Wildman–Crippen LogP) is 3.89. The highest BCUT2D eigenvalue weighted by molar-refractivity contribution is 6.31. The van der Waals surface area contributed by atoms with Crippen LogP contribution < -0.4 is 5.32 Å². The summed E-state index contributed by atoms with van der Waals surface area (Å²) >= 11 is 6.08. The molecule has 0 saturated carbocycles. The first-order chi connectivity index (χ1) is 8.66. The molecule has 3 heteroatoms. The topological polar surface area (TPSA) is 24.9 Å². The van der Waals surface area contributed by atoms with E-state index in [2.05, 4.69) is 48.4 Å². The molecule has 0 bridgehead atoms. The molecule has 1 aromatic carbocycles. The molecule has 18 heavy (non-hydrogen) atoms. The van der Waals surface area contributed by atoms with Crippen LogP contribution in [0.2, 0.25) is 5.02 Å². The Bertz CT molecular complexity index is 525. The lowest BCUT2D eigenvalue weighted by Gasteiger charge is -2.15. The number of halogens is 1. The number of hydrogen-bond acceptors (Lipinski definition) is 2. The van der Waals surface area contributed by atoms with Crippen LogP contribution in [0.15, 0.2) is 42.7 Å². The van der Waals surface area contributed by atoms with Crippen molar-refractivity contribution in [1.29, 1.82) is 0 Å². The molecule has 2 nitrogen and oxygen atoms in total. The Hall–Kier alpha value is -1.38. The van der Waals surface area contributed by atoms with E-state index in [0.717, 1.165) is 12.1 Å². The van der Waals surface area contributed by atoms with Crippen molar-refractivity contribution in [2.75, 3.05) is 0 Å². The van der Waals surface area contributed by atoms with E-state index < -0.39 is 0 Å². The molecule has 1 N–H and O–H groups in total. The van der Waals surface area contributed by atoms with Crippen LogP contribution in [0.25, 0.3) is 0 Å². The summed E-state index contributed by atoms with van der Waals surface area (Å²) in [5, 5.41) is 4.18. The summed E-state index contributed by atoms with van der Waals surface area (Å²) in [6.07, 6.45) is 3.44. The van der Waals surface area contributed by atoms with Gasteiger partial charge in [0.1, 0.15) is 0 Å². The summed E-state index contributed by atoms with van der Waals surface area (Å²) < 4.78 is 0. The van der Waals surface area contributed by atoms with Crippen molar-refractivity contribution in [1.82, 2.24) is 10.3 Å². The van der Waals surface area contributed by atoms with Gasteiger partial charge in [-0.15, -0.1) is 0 Å². The van der Waals surface area contributed by atoms with Crippen LogP contribution in [0, 0.1) is 6.92 Å². The fourth-order valence-corrected chi connectivity index (χ4v) is 2.05. The third kappa shape index (κ3) is 3.31. The number of hydrogen-bond donors (Lipinski definition) is 1. The lowest BCUT2D eigenvalue weighted by Crippen LogP contribution is -2.18. The van der Waals surface area contributed by atoms with E-state index in [1.54, 1.807) is 12.4 Å². The highest BCUT2D eigenvalue weighted by Crippen LogP contribution is 2.17. The fraction of sp³-hybridized carbons (Fsp3) is 0.267. The van der Waals surface area contributed by atoms with Crippen LogP contribution in [0.4, 0.5) is 0 Å². The molecule has 0 radical (unpaired) electrons. The van der Waals surface area contributed by atoms with Crippen LogP contribution in [0.3, 0.4) is 0 Å². The monoisotopic (exact) mass is 260 g/mol. The van der Waals surface area contributed by atoms with Crippen molar-refractivity contribution in [3.63, 3.8) is 0 Å². The minimum Gasteiger partial charge on any atom is -0.306 e. The smallest absolute Gasteiger partial charge is 0.0634 e. The Morgan fingerprint density at radius 1 is 1.33 bits per heavy atom. The van der Waals surface area contributed by atoms with Gasteiger partial charge in [-0.3, -0.25) is 4.98 Å². The Labute approximate surface area is 113 Å². The lowest BCUT2D eigenvalue weighted by atomic mass is 10.1. The van der Waals surface area contributed by atoms with Crippen molar-refractivity contribution >= 4 is 11.6 Å². The molecule has 1 heterocycles. The van der Waals surface area contributed by atoms with E-state index >= 15 is 0 Å². The van der Waals surface area contributed by atoms with Crippen molar-refractivity contribution in [3.05, 3.63) is 64.4 Å². The maximum absolute atomic E-state index is 6.08. The number of nitrogens with one attached hydrogen (secondary N) is 1. The SMILES string of the molecule is Cc1cccc([C@@H](C)NCc2ccncc2Cl)c1. The van der Waals surface area contributed by atoms with Gasteiger partial charge in [-0.1, -0.05) is 41.4 Å². The van der Waals surface area contributed by atoms with E-state index in [1.807, 2.05) is 6.07 Å². The molecule has 0 saturated heterocycles. The van der Waals surface area contributed by atoms with E-state index in [-0.39, 0.29) is 0 Å². The van der Waals surface area contributed by atoms with Crippen molar-refractivity contribution < 1.29 is 0 Å². The van der Waals surface area contributed by atoms with Gasteiger partial charge in [0.2, 0.25) is 0 Å². The maximum atomic E-state index is 6.08. The summed E-state index contributed by atoms with van der Waals surface area (Å²) in [5.74, 6) is 0. The minimum absolute atomic E-state index is 0.300. The van der Waals surface area contributed by atoms with Crippen molar-refractivity contribution in [2.45, 2.75) is 26.4 Å². The van der Waals surface area contributed by atoms with E-state index in [0.29, 0.717) is 11.1 Å². The van der Waals surface area contributed by atoms with Gasteiger partial charge >= 0.3 is 0 Å². The molecule has 0 unspecified atom stereocenters. The molecule has 0 aliphatic rings. The molecular weight excluding hydrogens is 244 g/mol. The van der Waals surface area contributed by atoms with E-state index in [4.69, 9.17) is 11.6 Å². The molecular formula is C15H17ClN2. The zero-order valence-electron chi connectivity index (χ0n) is 10.7. The summed E-state index contributed by atoms with van der Waals surface area (Å²) in [7, 11) is 0. The number of aromatic nitrogens is 1. The lowest BCUT2D eigenvalue weighted by molar-refractivity contribution is 0.574. The standard InChI is InChI=1S/C15H17ClN2/c1-11-4-3-5-13(8-11)12(2)18-9-14-6-7-17-10-15(14)16/h3-8,10,12,18H,9H2,1-2H3/t12-/m1/s1. The molecule has 2 rings (SSSR count). The maximum Gasteiger partial charge on any atom is 0.0634 e. The predicted molar refractivity (Wildman–Crippen MR) is 75.7 cm³/mol. The van der Waals surface area contributed by atoms with Gasteiger partial charge in [0.15, 0.2) is 0 Å². The fourth-order valence-electron chi connectivity index (χ4n) is 1.87. The molecule has 94 valence electrons. The highest BCUT2D eigenvalue weighted by Gasteiger charge is 2.06. The first-order valence-electron chi connectivity index (χ1n) is 6.05. The van der Waals surface area contributed by atoms with Crippen LogP contribution in [0.1, 0.15) is 29.7 Å². The average molecular weight is 261 g/mol. The quantitative estimate of drug-likeness (QED) is 0.902. The van der Waals surface area contributed by atoms with Gasteiger partial charge in [0.25, 0.3) is 0 Å². The number of nitrogens with zero attached hydrogens (tertiary/aromatic N) is 1. The number of pyridine rings is 1. The third-order valence-electron chi connectivity index (χ3n) is 3.00. The van der Waals surface area contributed by atoms with Gasteiger partial charge in [-0.2, -0.15) is 0 Å². The van der Waals surface area contributed by atoms with Gasteiger partial charge in [-0.05, 0) is 31.0 Å². The molecule has 0 spiro atoms. The van der Waals surface area contributed by atoms with Crippen LogP contribution in [0.5, 0.6) is 0 Å². The number of aryl methyl sites for hydroxylation is 1. The first kappa shape index (κ1) is 13.1. The van der Waals surface area contributed by atoms with Gasteiger partial charge < -0.3 is 5.32 Å². The molecule has 1 aromatic heterocycles. The Morgan fingerprint density at radius 3 is 2.89 bits per heavy atom. The summed E-state index contributed by atoms with van der Waals surface area (Å²) in [6.45, 7) is 5.01. The minimum atomic E-state index is 0.300. The van der Waals surface area contributed by atoms with Crippen LogP contribution in [-0.4, -0.2) is 4.98 Å². The first-order valence-corrected chi connectivity index (χ1v) is 6.43. The second-order valence-electron chi connectivity index (χ2n) is 4.48. The molecule has 0 amide bonds. The number of rotatable bonds is 4. The Kier molecular flexibility index (Phi) is 4.34.